The molecule has 166 valence electrons. The third kappa shape index (κ3) is 3.13. The number of nitrogens with zero attached hydrogens (tertiary/aromatic N) is 5. The Hall–Kier alpha value is -3.94. The normalized spacial score (nSPS) is 12.9. The number of fused-ring (bicyclic) bond motifs is 5. The van der Waals surface area contributed by atoms with Gasteiger partial charge in [-0.3, -0.25) is 9.36 Å². The maximum absolute atomic E-state index is 13.6. The molecule has 8 nitrogen and oxygen atoms in total. The summed E-state index contributed by atoms with van der Waals surface area (Å²) in [5.41, 5.74) is 4.32. The Morgan fingerprint density at radius 1 is 0.939 bits per heavy atom. The third-order valence-corrected chi connectivity index (χ3v) is 6.15. The number of ether oxygens (including phenoxy) is 2. The maximum Gasteiger partial charge on any atom is 0.265 e. The van der Waals surface area contributed by atoms with Crippen LogP contribution in [-0.4, -0.2) is 30.9 Å². The molecule has 8 heteroatoms. The molecule has 0 fully saturated rings. The van der Waals surface area contributed by atoms with Crippen molar-refractivity contribution in [1.82, 2.24) is 24.1 Å². The van der Waals surface area contributed by atoms with Gasteiger partial charge in [0.1, 0.15) is 16.7 Å². The Kier molecular flexibility index (Phi) is 4.53. The van der Waals surface area contributed by atoms with Gasteiger partial charge < -0.3 is 14.0 Å². The second-order valence-electron chi connectivity index (χ2n) is 8.33. The Morgan fingerprint density at radius 2 is 1.73 bits per heavy atom. The maximum atomic E-state index is 13.6. The SMILES string of the molecule is CCCCn1c(C)nc2c(c1=O)c1nc3ccccc3nc1n2Cc1ccc2c(c1)OCO2. The summed E-state index contributed by atoms with van der Waals surface area (Å²) in [7, 11) is 0. The first-order valence-electron chi connectivity index (χ1n) is 11.2. The summed E-state index contributed by atoms with van der Waals surface area (Å²) in [4.78, 5) is 28.3. The van der Waals surface area contributed by atoms with E-state index in [0.29, 0.717) is 41.1 Å². The minimum Gasteiger partial charge on any atom is -0.454 e. The van der Waals surface area contributed by atoms with Crippen molar-refractivity contribution >= 4 is 33.2 Å². The highest BCUT2D eigenvalue weighted by molar-refractivity contribution is 6.04. The molecule has 3 aromatic heterocycles. The van der Waals surface area contributed by atoms with Crippen LogP contribution < -0.4 is 15.0 Å². The predicted octanol–water partition coefficient (Wildman–Crippen LogP) is 4.18. The second kappa shape index (κ2) is 7.58. The largest absolute Gasteiger partial charge is 0.454 e. The topological polar surface area (TPSA) is 84.1 Å². The summed E-state index contributed by atoms with van der Waals surface area (Å²) < 4.78 is 14.7. The van der Waals surface area contributed by atoms with Crippen LogP contribution >= 0.6 is 0 Å². The standard InChI is InChI=1S/C25H23N5O3/c1-3-4-11-29-15(2)26-23-21(25(29)31)22-24(28-18-8-6-5-7-17(18)27-22)30(23)13-16-9-10-19-20(12-16)33-14-32-19/h5-10,12H,3-4,11,13-14H2,1-2H3. The van der Waals surface area contributed by atoms with Crippen LogP contribution in [0.25, 0.3) is 33.2 Å². The Morgan fingerprint density at radius 3 is 2.55 bits per heavy atom. The molecule has 1 aliphatic rings. The lowest BCUT2D eigenvalue weighted by Gasteiger charge is -2.11. The van der Waals surface area contributed by atoms with Gasteiger partial charge in [-0.1, -0.05) is 31.5 Å². The summed E-state index contributed by atoms with van der Waals surface area (Å²) >= 11 is 0. The first kappa shape index (κ1) is 19.7. The fourth-order valence-corrected chi connectivity index (χ4v) is 4.45. The zero-order chi connectivity index (χ0) is 22.5. The van der Waals surface area contributed by atoms with Crippen LogP contribution in [0, 0.1) is 6.92 Å². The average Bonchev–Trinajstić information content (AvgIpc) is 3.40. The number of aromatic nitrogens is 5. The summed E-state index contributed by atoms with van der Waals surface area (Å²) in [5.74, 6) is 2.15. The van der Waals surface area contributed by atoms with Gasteiger partial charge >= 0.3 is 0 Å². The third-order valence-electron chi connectivity index (χ3n) is 6.15. The van der Waals surface area contributed by atoms with Gasteiger partial charge in [0.05, 0.1) is 17.6 Å². The molecule has 0 spiro atoms. The minimum atomic E-state index is -0.0648. The summed E-state index contributed by atoms with van der Waals surface area (Å²) in [6.45, 7) is 5.34. The lowest BCUT2D eigenvalue weighted by atomic mass is 10.2. The van der Waals surface area contributed by atoms with Gasteiger partial charge in [-0.2, -0.15) is 0 Å². The highest BCUT2D eigenvalue weighted by Gasteiger charge is 2.22. The number of benzene rings is 2. The average molecular weight is 441 g/mol. The van der Waals surface area contributed by atoms with Crippen LogP contribution in [0.15, 0.2) is 47.3 Å². The van der Waals surface area contributed by atoms with Gasteiger partial charge in [0.15, 0.2) is 22.8 Å². The van der Waals surface area contributed by atoms with Gasteiger partial charge in [0, 0.05) is 6.54 Å². The van der Waals surface area contributed by atoms with Crippen LogP contribution in [0.5, 0.6) is 11.5 Å². The van der Waals surface area contributed by atoms with Gasteiger partial charge in [0.2, 0.25) is 6.79 Å². The molecule has 5 aromatic rings. The van der Waals surface area contributed by atoms with Gasteiger partial charge in [-0.25, -0.2) is 15.0 Å². The summed E-state index contributed by atoms with van der Waals surface area (Å²) in [6.07, 6.45) is 1.92. The number of hydrogen-bond donors (Lipinski definition) is 0. The Bertz CT molecular complexity index is 1600. The highest BCUT2D eigenvalue weighted by Crippen LogP contribution is 2.33. The van der Waals surface area contributed by atoms with Crippen LogP contribution in [-0.2, 0) is 13.1 Å². The molecule has 4 heterocycles. The van der Waals surface area contributed by atoms with E-state index in [4.69, 9.17) is 24.4 Å². The van der Waals surface area contributed by atoms with Crippen LogP contribution in [0.1, 0.15) is 31.2 Å². The molecule has 0 radical (unpaired) electrons. The van der Waals surface area contributed by atoms with Crippen LogP contribution in [0.2, 0.25) is 0 Å². The van der Waals surface area contributed by atoms with E-state index in [1.54, 1.807) is 4.57 Å². The zero-order valence-electron chi connectivity index (χ0n) is 18.5. The number of hydrogen-bond acceptors (Lipinski definition) is 6. The molecule has 0 atom stereocenters. The quantitative estimate of drug-likeness (QED) is 0.407. The molecule has 0 amide bonds. The lowest BCUT2D eigenvalue weighted by molar-refractivity contribution is 0.174. The fraction of sp³-hybridized carbons (Fsp3) is 0.280. The highest BCUT2D eigenvalue weighted by atomic mass is 16.7. The summed E-state index contributed by atoms with van der Waals surface area (Å²) in [5, 5.41) is 0.519. The number of unbranched alkanes of at least 4 members (excludes halogenated alkanes) is 1. The second-order valence-corrected chi connectivity index (χ2v) is 8.33. The van der Waals surface area contributed by atoms with Crippen molar-refractivity contribution in [2.75, 3.05) is 6.79 Å². The molecule has 6 rings (SSSR count). The molecule has 2 aromatic carbocycles. The van der Waals surface area contributed by atoms with Crippen molar-refractivity contribution in [2.24, 2.45) is 0 Å². The summed E-state index contributed by atoms with van der Waals surface area (Å²) in [6, 6.07) is 13.6. The van der Waals surface area contributed by atoms with E-state index in [0.717, 1.165) is 40.9 Å². The molecule has 0 aliphatic carbocycles. The van der Waals surface area contributed by atoms with Crippen molar-refractivity contribution in [2.45, 2.75) is 39.8 Å². The van der Waals surface area contributed by atoms with Crippen molar-refractivity contribution < 1.29 is 9.47 Å². The van der Waals surface area contributed by atoms with E-state index < -0.39 is 0 Å². The van der Waals surface area contributed by atoms with E-state index in [1.807, 2.05) is 54.0 Å². The fourth-order valence-electron chi connectivity index (χ4n) is 4.45. The molecular weight excluding hydrogens is 418 g/mol. The smallest absolute Gasteiger partial charge is 0.265 e. The molecule has 0 unspecified atom stereocenters. The number of aryl methyl sites for hydroxylation is 1. The van der Waals surface area contributed by atoms with Crippen molar-refractivity contribution in [3.8, 4) is 11.5 Å². The van der Waals surface area contributed by atoms with E-state index in [1.165, 1.54) is 0 Å². The van der Waals surface area contributed by atoms with E-state index in [2.05, 4.69) is 6.92 Å². The van der Waals surface area contributed by atoms with E-state index in [9.17, 15) is 4.79 Å². The molecule has 0 saturated heterocycles. The van der Waals surface area contributed by atoms with E-state index >= 15 is 0 Å². The zero-order valence-corrected chi connectivity index (χ0v) is 18.5. The molecular formula is C25H23N5O3. The van der Waals surface area contributed by atoms with Crippen molar-refractivity contribution in [1.29, 1.82) is 0 Å². The Labute approximate surface area is 189 Å². The van der Waals surface area contributed by atoms with Gasteiger partial charge in [0.25, 0.3) is 5.56 Å². The molecule has 0 bridgehead atoms. The monoisotopic (exact) mass is 441 g/mol. The Balaban J connectivity index is 1.63. The molecule has 0 N–H and O–H groups in total. The predicted molar refractivity (Wildman–Crippen MR) is 126 cm³/mol. The lowest BCUT2D eigenvalue weighted by Crippen LogP contribution is -2.24. The van der Waals surface area contributed by atoms with Crippen molar-refractivity contribution in [3.63, 3.8) is 0 Å². The minimum absolute atomic E-state index is 0.0648. The first-order valence-corrected chi connectivity index (χ1v) is 11.2. The number of rotatable bonds is 5. The molecule has 0 saturated carbocycles. The first-order chi connectivity index (χ1) is 16.1. The van der Waals surface area contributed by atoms with E-state index in [-0.39, 0.29) is 12.4 Å². The molecule has 33 heavy (non-hydrogen) atoms. The van der Waals surface area contributed by atoms with Crippen LogP contribution in [0.4, 0.5) is 0 Å². The van der Waals surface area contributed by atoms with Crippen LogP contribution in [0.3, 0.4) is 0 Å². The van der Waals surface area contributed by atoms with Gasteiger partial charge in [-0.15, -0.1) is 0 Å². The van der Waals surface area contributed by atoms with Crippen molar-refractivity contribution in [3.05, 3.63) is 64.2 Å². The molecule has 1 aliphatic heterocycles. The number of para-hydroxylation sites is 2. The van der Waals surface area contributed by atoms with Gasteiger partial charge in [-0.05, 0) is 43.2 Å².